The molecule has 0 saturated carbocycles. The molecule has 0 fully saturated rings. The van der Waals surface area contributed by atoms with Crippen molar-refractivity contribution in [1.82, 2.24) is 27.8 Å². The molecular weight excluding hydrogens is 1380 g/mol. The van der Waals surface area contributed by atoms with E-state index >= 15 is 0 Å². The third-order valence-corrected chi connectivity index (χ3v) is 20.5. The molecule has 6 heteroatoms. The molecule has 20 aromatic rings. The minimum Gasteiger partial charge on any atom is -0.344 e. The Balaban J connectivity index is 0.000000112. The zero-order chi connectivity index (χ0) is 78.9. The smallest absolute Gasteiger partial charge is 0.118 e. The first-order valence-electron chi connectivity index (χ1n) is 40.5. The molecule has 0 radical (unpaired) electrons. The first-order valence-corrected chi connectivity index (χ1v) is 40.5. The minimum atomic E-state index is 0.491. The molecule has 114 heavy (non-hydrogen) atoms. The van der Waals surface area contributed by atoms with Crippen LogP contribution in [0.2, 0.25) is 0 Å². The number of aromatic nitrogens is 6. The fourth-order valence-electron chi connectivity index (χ4n) is 16.1. The molecular formula is C108H102N6. The molecule has 6 heterocycles. The molecule has 2 aliphatic rings. The van der Waals surface area contributed by atoms with Crippen molar-refractivity contribution in [1.29, 1.82) is 0 Å². The van der Waals surface area contributed by atoms with Gasteiger partial charge in [0.15, 0.2) is 0 Å². The van der Waals surface area contributed by atoms with Gasteiger partial charge in [-0.3, -0.25) is 4.57 Å². The largest absolute Gasteiger partial charge is 0.344 e. The second-order valence-corrected chi connectivity index (χ2v) is 31.9. The average Bonchev–Trinajstić information content (AvgIpc) is 1.45. The Morgan fingerprint density at radius 2 is 0.482 bits per heavy atom. The molecule has 0 unspecified atom stereocenters. The number of benzene rings is 15. The number of nitrogens with zero attached hydrogens (tertiary/aromatic N) is 6. The van der Waals surface area contributed by atoms with Crippen molar-refractivity contribution in [2.24, 2.45) is 24.8 Å². The Kier molecular flexibility index (Phi) is 23.0. The lowest BCUT2D eigenvalue weighted by Crippen LogP contribution is -1.99. The number of rotatable bonds is 3. The highest BCUT2D eigenvalue weighted by Gasteiger charge is 2.24. The number of imidazole rings is 1. The van der Waals surface area contributed by atoms with Crippen LogP contribution in [0.15, 0.2) is 364 Å². The monoisotopic (exact) mass is 1480 g/mol. The van der Waals surface area contributed by atoms with E-state index in [4.69, 9.17) is 0 Å². The summed E-state index contributed by atoms with van der Waals surface area (Å²) in [6.07, 6.45) is 0.949. The van der Waals surface area contributed by atoms with E-state index in [-0.39, 0.29) is 0 Å². The van der Waals surface area contributed by atoms with Gasteiger partial charge in [-0.1, -0.05) is 341 Å². The van der Waals surface area contributed by atoms with Crippen LogP contribution in [0, 0.1) is 17.8 Å². The van der Waals surface area contributed by atoms with Crippen molar-refractivity contribution in [2.45, 2.75) is 88.6 Å². The van der Waals surface area contributed by atoms with E-state index in [1.54, 1.807) is 0 Å². The van der Waals surface area contributed by atoms with Gasteiger partial charge in [-0.2, -0.15) is 0 Å². The van der Waals surface area contributed by atoms with Gasteiger partial charge >= 0.3 is 0 Å². The van der Waals surface area contributed by atoms with Crippen LogP contribution in [-0.4, -0.2) is 27.8 Å². The topological polar surface area (TPSA) is 37.5 Å². The first-order chi connectivity index (χ1) is 55.6. The number of hydrogen-bond acceptors (Lipinski definition) is 1. The standard InChI is InChI=1S/C30H20N2.C24H16.C15H15N.C14H10N2.C13H11N.3C4H10/c1-5-16-27-23(12-1)24-13-2-6-17-28(24)31(27)21-10-9-11-22(20-21)32-29-18-7-3-14-25(29)26-15-4-8-19-30(26)32;1-2-10-18-17(9-1)19-11-3-4-13-21(19)23-15-7-8-16-24(23)22-14-6-5-12-20(18)22;1-11(2)16-14-9-5-3-7-12(14)13-8-4-6-10-15(13)16;1-3-7-12-10(5-1)9-14-15-11-6-2-4-8-13(11)16(12)14;1-14-12-8-4-2-6-10(12)11-7-3-5-9-13(11)14;3*1-4(2)3/h1-20H;1-16H;3-11H,1-2H3;1-8H,9H2;2-9H,1H3;3*4H,1-3H3. The van der Waals surface area contributed by atoms with Gasteiger partial charge in [0.05, 0.1) is 38.8 Å². The highest BCUT2D eigenvalue weighted by Crippen LogP contribution is 2.48. The Bertz CT molecular complexity index is 6090. The summed E-state index contributed by atoms with van der Waals surface area (Å²) in [5, 5.41) is 10.5. The van der Waals surface area contributed by atoms with Crippen LogP contribution >= 0.6 is 0 Å². The van der Waals surface area contributed by atoms with Crippen molar-refractivity contribution < 1.29 is 0 Å². The summed E-state index contributed by atoms with van der Waals surface area (Å²) in [5.41, 5.74) is 27.9. The average molecular weight is 1480 g/mol. The SMILES string of the molecule is CC(C)C.CC(C)C.CC(C)C.CC(C)n1c2ccccc2c2ccccc21.Cn1c2ccccc2c2ccccc21.c1cc(-n2c3ccccc3c3ccccc32)cc(-n2c3ccccc3c3ccccc32)c1.c1ccc2c(c1)-c1ccccc1-c1ccccc1-c1ccccc1-2.c1ccc2c(c1)Cc1nc3ccccc3n1-2. The van der Waals surface area contributed by atoms with E-state index < -0.39 is 0 Å². The van der Waals surface area contributed by atoms with Crippen LogP contribution in [0.4, 0.5) is 0 Å². The van der Waals surface area contributed by atoms with Gasteiger partial charge in [0.1, 0.15) is 5.82 Å². The van der Waals surface area contributed by atoms with Crippen LogP contribution in [-0.2, 0) is 13.5 Å². The Hall–Kier alpha value is -13.0. The lowest BCUT2D eigenvalue weighted by atomic mass is 9.81. The molecule has 0 saturated heterocycles. The zero-order valence-electron chi connectivity index (χ0n) is 67.8. The number of fused-ring (bicyclic) bond motifs is 25. The molecule has 0 atom stereocenters. The van der Waals surface area contributed by atoms with Crippen LogP contribution in [0.5, 0.6) is 0 Å². The summed E-state index contributed by atoms with van der Waals surface area (Å²) in [6.45, 7) is 24.0. The summed E-state index contributed by atoms with van der Waals surface area (Å²) >= 11 is 0. The Morgan fingerprint density at radius 3 is 0.807 bits per heavy atom. The molecule has 22 rings (SSSR count). The fourth-order valence-corrected chi connectivity index (χ4v) is 16.1. The van der Waals surface area contributed by atoms with Crippen molar-refractivity contribution >= 4 is 98.3 Å². The highest BCUT2D eigenvalue weighted by molar-refractivity contribution is 6.12. The van der Waals surface area contributed by atoms with Crippen molar-refractivity contribution in [3.05, 3.63) is 375 Å². The Morgan fingerprint density at radius 1 is 0.237 bits per heavy atom. The van der Waals surface area contributed by atoms with Gasteiger partial charge < -0.3 is 18.3 Å². The molecule has 0 bridgehead atoms. The van der Waals surface area contributed by atoms with Gasteiger partial charge in [-0.25, -0.2) is 4.98 Å². The molecule has 0 N–H and O–H groups in total. The third kappa shape index (κ3) is 15.6. The fraction of sp³-hybridized carbons (Fsp3) is 0.157. The van der Waals surface area contributed by atoms with Crippen molar-refractivity contribution in [2.75, 3.05) is 0 Å². The first kappa shape index (κ1) is 76.3. The van der Waals surface area contributed by atoms with E-state index in [0.29, 0.717) is 6.04 Å². The summed E-state index contributed by atoms with van der Waals surface area (Å²) < 4.78 is 11.7. The van der Waals surface area contributed by atoms with Crippen LogP contribution < -0.4 is 0 Å². The molecule has 1 aliphatic heterocycles. The highest BCUT2D eigenvalue weighted by atomic mass is 15.1. The zero-order valence-corrected chi connectivity index (χ0v) is 67.8. The van der Waals surface area contributed by atoms with Crippen molar-refractivity contribution in [3.63, 3.8) is 0 Å². The van der Waals surface area contributed by atoms with Crippen LogP contribution in [0.3, 0.4) is 0 Å². The van der Waals surface area contributed by atoms with Crippen molar-refractivity contribution in [3.8, 4) is 61.6 Å². The summed E-state index contributed by atoms with van der Waals surface area (Å²) in [4.78, 5) is 4.67. The maximum absolute atomic E-state index is 4.67. The number of aryl methyl sites for hydroxylation is 1. The maximum Gasteiger partial charge on any atom is 0.118 e. The number of para-hydroxylation sites is 11. The Labute approximate surface area is 672 Å². The summed E-state index contributed by atoms with van der Waals surface area (Å²) in [7, 11) is 2.12. The molecule has 564 valence electrons. The maximum atomic E-state index is 4.67. The normalized spacial score (nSPS) is 11.4. The van der Waals surface area contributed by atoms with Gasteiger partial charge in [0.25, 0.3) is 0 Å². The second kappa shape index (κ2) is 34.3. The van der Waals surface area contributed by atoms with Crippen LogP contribution in [0.25, 0.3) is 160 Å². The van der Waals surface area contributed by atoms with Gasteiger partial charge in [-0.05, 0) is 167 Å². The quantitative estimate of drug-likeness (QED) is 0.174. The van der Waals surface area contributed by atoms with E-state index in [1.165, 1.54) is 160 Å². The van der Waals surface area contributed by atoms with E-state index in [9.17, 15) is 0 Å². The third-order valence-electron chi connectivity index (χ3n) is 20.5. The van der Waals surface area contributed by atoms with Gasteiger partial charge in [0.2, 0.25) is 0 Å². The van der Waals surface area contributed by atoms with Crippen LogP contribution in [0.1, 0.15) is 93.6 Å². The molecule has 0 spiro atoms. The lowest BCUT2D eigenvalue weighted by Gasteiger charge is -2.22. The van der Waals surface area contributed by atoms with E-state index in [1.807, 2.05) is 6.07 Å². The summed E-state index contributed by atoms with van der Waals surface area (Å²) in [5.74, 6) is 3.66. The van der Waals surface area contributed by atoms with Gasteiger partial charge in [-0.15, -0.1) is 0 Å². The van der Waals surface area contributed by atoms with E-state index in [2.05, 4.69) is 469 Å². The predicted octanol–water partition coefficient (Wildman–Crippen LogP) is 30.2. The molecule has 5 aromatic heterocycles. The molecule has 15 aromatic carbocycles. The lowest BCUT2D eigenvalue weighted by molar-refractivity contribution is 0.642. The number of hydrogen-bond donors (Lipinski definition) is 0. The molecule has 0 amide bonds. The summed E-state index contributed by atoms with van der Waals surface area (Å²) in [6, 6.07) is 130. The predicted molar refractivity (Wildman–Crippen MR) is 493 cm³/mol. The minimum absolute atomic E-state index is 0.491. The molecule has 1 aliphatic carbocycles. The molecule has 6 nitrogen and oxygen atoms in total. The van der Waals surface area contributed by atoms with Gasteiger partial charge in [0, 0.05) is 96.0 Å². The van der Waals surface area contributed by atoms with E-state index in [0.717, 1.165) is 35.5 Å². The second-order valence-electron chi connectivity index (χ2n) is 31.9.